The van der Waals surface area contributed by atoms with Gasteiger partial charge >= 0.3 is 5.97 Å². The third-order valence-corrected chi connectivity index (χ3v) is 7.85. The van der Waals surface area contributed by atoms with Gasteiger partial charge in [0.1, 0.15) is 0 Å². The summed E-state index contributed by atoms with van der Waals surface area (Å²) in [7, 11) is 0. The highest BCUT2D eigenvalue weighted by Gasteiger charge is 2.36. The summed E-state index contributed by atoms with van der Waals surface area (Å²) in [6.07, 6.45) is 6.95. The van der Waals surface area contributed by atoms with Crippen LogP contribution in [0.4, 0.5) is 0 Å². The maximum Gasteiger partial charge on any atom is 0.338 e. The molecule has 5 nitrogen and oxygen atoms in total. The van der Waals surface area contributed by atoms with Crippen LogP contribution in [0.25, 0.3) is 34.0 Å². The highest BCUT2D eigenvalue weighted by atomic mass is 16.5. The largest absolute Gasteiger partial charge is 0.462 e. The Kier molecular flexibility index (Phi) is 6.22. The minimum atomic E-state index is -0.251. The molecule has 0 saturated heterocycles. The number of ether oxygens (including phenoxy) is 1. The van der Waals surface area contributed by atoms with Crippen LogP contribution in [-0.2, 0) is 10.2 Å². The van der Waals surface area contributed by atoms with E-state index < -0.39 is 0 Å². The van der Waals surface area contributed by atoms with Crippen molar-refractivity contribution in [1.29, 1.82) is 0 Å². The van der Waals surface area contributed by atoms with Crippen LogP contribution in [-0.4, -0.2) is 22.8 Å². The Morgan fingerprint density at radius 1 is 0.789 bits per heavy atom. The van der Waals surface area contributed by atoms with Crippen LogP contribution in [0.1, 0.15) is 49.5 Å². The summed E-state index contributed by atoms with van der Waals surface area (Å²) in [6, 6.07) is 23.8. The number of hydrogen-bond acceptors (Lipinski definition) is 5. The van der Waals surface area contributed by atoms with Gasteiger partial charge in [-0.15, -0.1) is 10.2 Å². The molecular formula is C33H32N2O3. The molecule has 3 atom stereocenters. The van der Waals surface area contributed by atoms with Crippen molar-refractivity contribution in [3.05, 3.63) is 96.1 Å². The van der Waals surface area contributed by atoms with Gasteiger partial charge in [-0.1, -0.05) is 69.3 Å². The van der Waals surface area contributed by atoms with Crippen LogP contribution in [0.5, 0.6) is 0 Å². The number of allylic oxidation sites excluding steroid dienone is 2. The summed E-state index contributed by atoms with van der Waals surface area (Å²) >= 11 is 0. The molecule has 0 spiro atoms. The van der Waals surface area contributed by atoms with E-state index in [0.717, 1.165) is 28.7 Å². The zero-order valence-electron chi connectivity index (χ0n) is 22.1. The fourth-order valence-electron chi connectivity index (χ4n) is 5.53. The second kappa shape index (κ2) is 9.71. The zero-order valence-corrected chi connectivity index (χ0v) is 22.1. The number of benzene rings is 3. The maximum atomic E-state index is 12.6. The van der Waals surface area contributed by atoms with E-state index in [1.165, 1.54) is 12.0 Å². The van der Waals surface area contributed by atoms with Crippen LogP contribution < -0.4 is 0 Å². The van der Waals surface area contributed by atoms with Crippen molar-refractivity contribution in [2.24, 2.45) is 17.8 Å². The van der Waals surface area contributed by atoms with E-state index in [-0.39, 0.29) is 11.4 Å². The minimum absolute atomic E-state index is 0.0939. The lowest BCUT2D eigenvalue weighted by atomic mass is 9.87. The smallest absolute Gasteiger partial charge is 0.338 e. The Balaban J connectivity index is 1.09. The predicted molar refractivity (Wildman–Crippen MR) is 148 cm³/mol. The molecule has 0 radical (unpaired) electrons. The molecule has 0 amide bonds. The number of carbonyl (C=O) groups excluding carboxylic acids is 1. The van der Waals surface area contributed by atoms with Gasteiger partial charge in [0, 0.05) is 11.1 Å². The highest BCUT2D eigenvalue weighted by molar-refractivity contribution is 5.90. The molecule has 192 valence electrons. The van der Waals surface area contributed by atoms with E-state index in [9.17, 15) is 4.79 Å². The van der Waals surface area contributed by atoms with Gasteiger partial charge in [-0.05, 0) is 89.1 Å². The first kappa shape index (κ1) is 24.4. The fourth-order valence-corrected chi connectivity index (χ4v) is 5.53. The standard InChI is InChI=1S/C33H32N2O3/c1-33(2,3)29-16-14-25(15-17-29)31-35-34-30(38-31)24-10-6-22(7-11-24)23-8-12-26(13-9-23)32(36)37-20-28-19-21-4-5-27(28)18-21/h4-17,21,27-28H,18-20H2,1-3H3/t21-,27+,28?/m1/s1. The van der Waals surface area contributed by atoms with Gasteiger partial charge in [-0.2, -0.15) is 0 Å². The van der Waals surface area contributed by atoms with Crippen molar-refractivity contribution in [2.75, 3.05) is 6.61 Å². The molecule has 38 heavy (non-hydrogen) atoms. The molecule has 1 unspecified atom stereocenters. The van der Waals surface area contributed by atoms with Gasteiger partial charge in [-0.25, -0.2) is 4.79 Å². The van der Waals surface area contributed by atoms with Crippen molar-refractivity contribution in [1.82, 2.24) is 10.2 Å². The average Bonchev–Trinajstić information content (AvgIpc) is 3.70. The van der Waals surface area contributed by atoms with Gasteiger partial charge < -0.3 is 9.15 Å². The molecule has 1 fully saturated rings. The number of rotatable bonds is 6. The molecule has 0 aliphatic heterocycles. The summed E-state index contributed by atoms with van der Waals surface area (Å²) in [5.41, 5.74) is 5.76. The second-order valence-corrected chi connectivity index (χ2v) is 11.5. The van der Waals surface area contributed by atoms with Crippen LogP contribution in [0, 0.1) is 17.8 Å². The molecule has 2 bridgehead atoms. The van der Waals surface area contributed by atoms with Gasteiger partial charge in [0.25, 0.3) is 0 Å². The topological polar surface area (TPSA) is 65.2 Å². The third kappa shape index (κ3) is 4.93. The Labute approximate surface area is 223 Å². The quantitative estimate of drug-likeness (QED) is 0.198. The van der Waals surface area contributed by atoms with Crippen LogP contribution >= 0.6 is 0 Å². The lowest BCUT2D eigenvalue weighted by Gasteiger charge is -2.18. The summed E-state index contributed by atoms with van der Waals surface area (Å²) in [5, 5.41) is 8.50. The molecule has 2 aliphatic carbocycles. The van der Waals surface area contributed by atoms with Crippen LogP contribution in [0.15, 0.2) is 89.4 Å². The van der Waals surface area contributed by atoms with Crippen LogP contribution in [0.2, 0.25) is 0 Å². The molecule has 2 aliphatic rings. The number of carbonyl (C=O) groups is 1. The fraction of sp³-hybridized carbons (Fsp3) is 0.303. The first-order chi connectivity index (χ1) is 18.3. The van der Waals surface area contributed by atoms with E-state index in [4.69, 9.17) is 9.15 Å². The van der Waals surface area contributed by atoms with Crippen molar-refractivity contribution >= 4 is 5.97 Å². The van der Waals surface area contributed by atoms with Crippen LogP contribution in [0.3, 0.4) is 0 Å². The molecule has 1 aromatic heterocycles. The van der Waals surface area contributed by atoms with E-state index in [0.29, 0.717) is 41.7 Å². The molecule has 1 heterocycles. The summed E-state index contributed by atoms with van der Waals surface area (Å²) in [4.78, 5) is 12.6. The number of hydrogen-bond donors (Lipinski definition) is 0. The molecule has 3 aromatic carbocycles. The van der Waals surface area contributed by atoms with Crippen molar-refractivity contribution in [3.63, 3.8) is 0 Å². The van der Waals surface area contributed by atoms with Crippen molar-refractivity contribution in [3.8, 4) is 34.0 Å². The molecular weight excluding hydrogens is 472 g/mol. The summed E-state index contributed by atoms with van der Waals surface area (Å²) < 4.78 is 11.6. The highest BCUT2D eigenvalue weighted by Crippen LogP contribution is 2.43. The Hall–Kier alpha value is -3.99. The molecule has 0 N–H and O–H groups in total. The normalized spacial score (nSPS) is 20.1. The Bertz CT molecular complexity index is 1460. The molecule has 4 aromatic rings. The minimum Gasteiger partial charge on any atom is -0.462 e. The van der Waals surface area contributed by atoms with E-state index >= 15 is 0 Å². The number of aromatic nitrogens is 2. The van der Waals surface area contributed by atoms with E-state index in [2.05, 4.69) is 55.3 Å². The third-order valence-electron chi connectivity index (χ3n) is 7.85. The number of nitrogens with zero attached hydrogens (tertiary/aromatic N) is 2. The van der Waals surface area contributed by atoms with Crippen molar-refractivity contribution < 1.29 is 13.9 Å². The number of esters is 1. The predicted octanol–water partition coefficient (Wildman–Crippen LogP) is 7.74. The zero-order chi connectivity index (χ0) is 26.3. The first-order valence-electron chi connectivity index (χ1n) is 13.3. The lowest BCUT2D eigenvalue weighted by molar-refractivity contribution is 0.0420. The summed E-state index contributed by atoms with van der Waals surface area (Å²) in [5.74, 6) is 2.47. The van der Waals surface area contributed by atoms with Gasteiger partial charge in [-0.3, -0.25) is 0 Å². The van der Waals surface area contributed by atoms with Gasteiger partial charge in [0.05, 0.1) is 12.2 Å². The average molecular weight is 505 g/mol. The number of fused-ring (bicyclic) bond motifs is 2. The molecule has 6 rings (SSSR count). The summed E-state index contributed by atoms with van der Waals surface area (Å²) in [6.45, 7) is 7.08. The van der Waals surface area contributed by atoms with Crippen molar-refractivity contribution in [2.45, 2.75) is 39.0 Å². The lowest BCUT2D eigenvalue weighted by Crippen LogP contribution is -2.17. The Morgan fingerprint density at radius 3 is 1.87 bits per heavy atom. The first-order valence-corrected chi connectivity index (χ1v) is 13.3. The maximum absolute atomic E-state index is 12.6. The monoisotopic (exact) mass is 504 g/mol. The second-order valence-electron chi connectivity index (χ2n) is 11.5. The SMILES string of the molecule is CC(C)(C)c1ccc(-c2nnc(-c3ccc(-c4ccc(C(=O)OCC5C[C@@H]6C=C[C@H]5C6)cc4)cc3)o2)cc1. The van der Waals surface area contributed by atoms with E-state index in [1.54, 1.807) is 0 Å². The van der Waals surface area contributed by atoms with E-state index in [1.807, 2.05) is 60.7 Å². The molecule has 1 saturated carbocycles. The van der Waals surface area contributed by atoms with Gasteiger partial charge in [0.15, 0.2) is 0 Å². The molecule has 5 heteroatoms. The van der Waals surface area contributed by atoms with Gasteiger partial charge in [0.2, 0.25) is 11.8 Å². The Morgan fingerprint density at radius 2 is 1.34 bits per heavy atom.